The maximum atomic E-state index is 3.99. The third-order valence-electron chi connectivity index (χ3n) is 3.80. The summed E-state index contributed by atoms with van der Waals surface area (Å²) in [5.41, 5.74) is 2.33. The molecule has 0 unspecified atom stereocenters. The second-order valence-electron chi connectivity index (χ2n) is 5.19. The molecule has 3 rings (SSSR count). The zero-order valence-corrected chi connectivity index (χ0v) is 12.4. The Labute approximate surface area is 123 Å². The SMILES string of the molecule is CN(Cc1ccc(-c2nn[nH]n2)cc1)C1CCSCC1. The summed E-state index contributed by atoms with van der Waals surface area (Å²) in [6.07, 6.45) is 2.62. The molecule has 5 nitrogen and oxygen atoms in total. The molecule has 0 radical (unpaired) electrons. The van der Waals surface area contributed by atoms with Gasteiger partial charge in [-0.05, 0) is 42.2 Å². The molecule has 6 heteroatoms. The predicted octanol–water partition coefficient (Wildman–Crippen LogP) is 2.19. The van der Waals surface area contributed by atoms with Gasteiger partial charge in [-0.3, -0.25) is 4.90 Å². The summed E-state index contributed by atoms with van der Waals surface area (Å²) in [5.74, 6) is 3.24. The summed E-state index contributed by atoms with van der Waals surface area (Å²) in [7, 11) is 2.23. The second-order valence-corrected chi connectivity index (χ2v) is 6.42. The molecule has 0 amide bonds. The summed E-state index contributed by atoms with van der Waals surface area (Å²) < 4.78 is 0. The van der Waals surface area contributed by atoms with E-state index in [4.69, 9.17) is 0 Å². The van der Waals surface area contributed by atoms with Crippen molar-refractivity contribution in [3.05, 3.63) is 29.8 Å². The lowest BCUT2D eigenvalue weighted by molar-refractivity contribution is 0.221. The van der Waals surface area contributed by atoms with Crippen LogP contribution in [0, 0.1) is 0 Å². The largest absolute Gasteiger partial charge is 0.299 e. The van der Waals surface area contributed by atoms with Crippen molar-refractivity contribution in [2.45, 2.75) is 25.4 Å². The van der Waals surface area contributed by atoms with Crippen molar-refractivity contribution in [2.24, 2.45) is 0 Å². The Hall–Kier alpha value is -1.40. The van der Waals surface area contributed by atoms with Gasteiger partial charge in [-0.1, -0.05) is 24.3 Å². The number of tetrazole rings is 1. The second kappa shape index (κ2) is 6.37. The number of nitrogens with zero attached hydrogens (tertiary/aromatic N) is 4. The highest BCUT2D eigenvalue weighted by Gasteiger charge is 2.18. The van der Waals surface area contributed by atoms with Crippen molar-refractivity contribution in [1.29, 1.82) is 0 Å². The minimum Gasteiger partial charge on any atom is -0.299 e. The lowest BCUT2D eigenvalue weighted by atomic mass is 10.1. The molecule has 0 atom stereocenters. The number of thioether (sulfide) groups is 1. The van der Waals surface area contributed by atoms with Gasteiger partial charge in [0.25, 0.3) is 0 Å². The topological polar surface area (TPSA) is 57.7 Å². The van der Waals surface area contributed by atoms with E-state index in [1.807, 2.05) is 0 Å². The van der Waals surface area contributed by atoms with Crippen LogP contribution in [0.25, 0.3) is 11.4 Å². The predicted molar refractivity (Wildman–Crippen MR) is 81.4 cm³/mol. The molecule has 0 aliphatic carbocycles. The maximum Gasteiger partial charge on any atom is 0.204 e. The van der Waals surface area contributed by atoms with Crippen molar-refractivity contribution in [3.8, 4) is 11.4 Å². The number of aromatic nitrogens is 4. The van der Waals surface area contributed by atoms with Crippen LogP contribution in [0.2, 0.25) is 0 Å². The van der Waals surface area contributed by atoms with Gasteiger partial charge in [0.2, 0.25) is 5.82 Å². The minimum absolute atomic E-state index is 0.647. The number of hydrogen-bond acceptors (Lipinski definition) is 5. The van der Waals surface area contributed by atoms with Crippen LogP contribution in [0.5, 0.6) is 0 Å². The molecule has 0 spiro atoms. The molecule has 1 saturated heterocycles. The molecule has 1 aliphatic heterocycles. The molecular formula is C14H19N5S. The number of hydrogen-bond donors (Lipinski definition) is 1. The Balaban J connectivity index is 1.63. The van der Waals surface area contributed by atoms with Gasteiger partial charge < -0.3 is 0 Å². The Morgan fingerprint density at radius 2 is 2.00 bits per heavy atom. The minimum atomic E-state index is 0.647. The lowest BCUT2D eigenvalue weighted by Crippen LogP contribution is -2.34. The van der Waals surface area contributed by atoms with Crippen molar-refractivity contribution in [3.63, 3.8) is 0 Å². The molecule has 20 heavy (non-hydrogen) atoms. The van der Waals surface area contributed by atoms with E-state index in [2.05, 4.69) is 68.6 Å². The highest BCUT2D eigenvalue weighted by molar-refractivity contribution is 7.99. The van der Waals surface area contributed by atoms with Crippen LogP contribution < -0.4 is 0 Å². The Bertz CT molecular complexity index is 519. The van der Waals surface area contributed by atoms with E-state index in [1.54, 1.807) is 0 Å². The summed E-state index contributed by atoms with van der Waals surface area (Å²) in [5, 5.41) is 14.0. The van der Waals surface area contributed by atoms with Crippen LogP contribution in [-0.2, 0) is 6.54 Å². The third-order valence-corrected chi connectivity index (χ3v) is 4.85. The van der Waals surface area contributed by atoms with Gasteiger partial charge in [0.15, 0.2) is 0 Å². The number of benzene rings is 1. The van der Waals surface area contributed by atoms with E-state index in [1.165, 1.54) is 29.9 Å². The average molecular weight is 289 g/mol. The normalized spacial score (nSPS) is 16.7. The zero-order chi connectivity index (χ0) is 13.8. The van der Waals surface area contributed by atoms with Gasteiger partial charge in [-0.2, -0.15) is 17.0 Å². The van der Waals surface area contributed by atoms with Gasteiger partial charge in [0.05, 0.1) is 0 Å². The fourth-order valence-electron chi connectivity index (χ4n) is 2.59. The summed E-state index contributed by atoms with van der Waals surface area (Å²) in [4.78, 5) is 2.48. The van der Waals surface area contributed by atoms with Crippen molar-refractivity contribution < 1.29 is 0 Å². The first kappa shape index (κ1) is 13.6. The Kier molecular flexibility index (Phi) is 4.32. The molecule has 2 aromatic rings. The molecular weight excluding hydrogens is 270 g/mol. The highest BCUT2D eigenvalue weighted by Crippen LogP contribution is 2.22. The van der Waals surface area contributed by atoms with E-state index in [-0.39, 0.29) is 0 Å². The lowest BCUT2D eigenvalue weighted by Gasteiger charge is -2.31. The quantitative estimate of drug-likeness (QED) is 0.935. The number of rotatable bonds is 4. The number of nitrogens with one attached hydrogen (secondary N) is 1. The van der Waals surface area contributed by atoms with Crippen LogP contribution in [-0.4, -0.2) is 50.1 Å². The van der Waals surface area contributed by atoms with E-state index >= 15 is 0 Å². The molecule has 1 fully saturated rings. The molecule has 1 aliphatic rings. The Morgan fingerprint density at radius 3 is 2.65 bits per heavy atom. The molecule has 106 valence electrons. The zero-order valence-electron chi connectivity index (χ0n) is 11.6. The smallest absolute Gasteiger partial charge is 0.204 e. The molecule has 2 heterocycles. The van der Waals surface area contributed by atoms with E-state index in [9.17, 15) is 0 Å². The van der Waals surface area contributed by atoms with Crippen molar-refractivity contribution >= 4 is 11.8 Å². The molecule has 1 aromatic heterocycles. The molecule has 1 N–H and O–H groups in total. The van der Waals surface area contributed by atoms with Crippen LogP contribution in [0.4, 0.5) is 0 Å². The summed E-state index contributed by atoms with van der Waals surface area (Å²) >= 11 is 2.07. The van der Waals surface area contributed by atoms with Gasteiger partial charge in [-0.25, -0.2) is 0 Å². The fraction of sp³-hybridized carbons (Fsp3) is 0.500. The van der Waals surface area contributed by atoms with Crippen LogP contribution in [0.1, 0.15) is 18.4 Å². The average Bonchev–Trinajstić information content (AvgIpc) is 3.03. The van der Waals surface area contributed by atoms with E-state index < -0.39 is 0 Å². The monoisotopic (exact) mass is 289 g/mol. The van der Waals surface area contributed by atoms with Crippen LogP contribution >= 0.6 is 11.8 Å². The van der Waals surface area contributed by atoms with Gasteiger partial charge in [0, 0.05) is 18.2 Å². The molecule has 0 saturated carbocycles. The first-order chi connectivity index (χ1) is 9.83. The van der Waals surface area contributed by atoms with Gasteiger partial charge in [0.1, 0.15) is 0 Å². The van der Waals surface area contributed by atoms with Crippen LogP contribution in [0.3, 0.4) is 0 Å². The van der Waals surface area contributed by atoms with Crippen molar-refractivity contribution in [2.75, 3.05) is 18.6 Å². The Morgan fingerprint density at radius 1 is 1.25 bits per heavy atom. The van der Waals surface area contributed by atoms with Gasteiger partial charge >= 0.3 is 0 Å². The number of aromatic amines is 1. The highest BCUT2D eigenvalue weighted by atomic mass is 32.2. The summed E-state index contributed by atoms with van der Waals surface area (Å²) in [6, 6.07) is 9.16. The summed E-state index contributed by atoms with van der Waals surface area (Å²) in [6.45, 7) is 1.00. The third kappa shape index (κ3) is 3.19. The first-order valence-corrected chi connectivity index (χ1v) is 8.09. The fourth-order valence-corrected chi connectivity index (χ4v) is 3.67. The van der Waals surface area contributed by atoms with Gasteiger partial charge in [-0.15, -0.1) is 10.2 Å². The number of H-pyrrole nitrogens is 1. The van der Waals surface area contributed by atoms with E-state index in [0.29, 0.717) is 5.82 Å². The van der Waals surface area contributed by atoms with Crippen LogP contribution in [0.15, 0.2) is 24.3 Å². The first-order valence-electron chi connectivity index (χ1n) is 6.93. The molecule has 0 bridgehead atoms. The molecule has 1 aromatic carbocycles. The van der Waals surface area contributed by atoms with Crippen molar-refractivity contribution in [1.82, 2.24) is 25.5 Å². The van der Waals surface area contributed by atoms with E-state index in [0.717, 1.165) is 18.2 Å². The standard InChI is InChI=1S/C14H19N5S/c1-19(13-6-8-20-9-7-13)10-11-2-4-12(5-3-11)14-15-17-18-16-14/h2-5,13H,6-10H2,1H3,(H,15,16,17,18). The maximum absolute atomic E-state index is 3.99.